The van der Waals surface area contributed by atoms with Gasteiger partial charge in [0.05, 0.1) is 7.11 Å². The summed E-state index contributed by atoms with van der Waals surface area (Å²) in [5.74, 6) is 1.79. The Bertz CT molecular complexity index is 500. The zero-order valence-corrected chi connectivity index (χ0v) is 14.2. The van der Waals surface area contributed by atoms with Crippen LogP contribution in [0.1, 0.15) is 36.3 Å². The first-order valence-corrected chi connectivity index (χ1v) is 8.74. The van der Waals surface area contributed by atoms with E-state index in [1.165, 1.54) is 31.4 Å². The van der Waals surface area contributed by atoms with Gasteiger partial charge in [-0.05, 0) is 59.4 Å². The smallest absolute Gasteiger partial charge is 0.122 e. The highest BCUT2D eigenvalue weighted by Gasteiger charge is 2.36. The lowest BCUT2D eigenvalue weighted by atomic mass is 9.74. The molecule has 0 aromatic heterocycles. The van der Waals surface area contributed by atoms with Gasteiger partial charge in [-0.3, -0.25) is 4.90 Å². The third-order valence-corrected chi connectivity index (χ3v) is 5.31. The normalized spacial score (nSPS) is 26.3. The molecule has 2 aliphatic rings. The molecule has 1 fully saturated rings. The van der Waals surface area contributed by atoms with Gasteiger partial charge < -0.3 is 4.74 Å². The molecule has 0 N–H and O–H groups in total. The number of hydrogen-bond donors (Lipinski definition) is 0. The third kappa shape index (κ3) is 2.62. The minimum Gasteiger partial charge on any atom is -0.496 e. The Morgan fingerprint density at radius 1 is 1.40 bits per heavy atom. The molecule has 1 saturated heterocycles. The van der Waals surface area contributed by atoms with Gasteiger partial charge in [0.25, 0.3) is 0 Å². The quantitative estimate of drug-likeness (QED) is 0.728. The van der Waals surface area contributed by atoms with Gasteiger partial charge in [0.2, 0.25) is 0 Å². The highest BCUT2D eigenvalue weighted by atomic mass is 127. The molecule has 0 unspecified atom stereocenters. The van der Waals surface area contributed by atoms with E-state index in [1.54, 1.807) is 12.7 Å². The monoisotopic (exact) mass is 383 g/mol. The predicted octanol–water partition coefficient (Wildman–Crippen LogP) is 4.14. The van der Waals surface area contributed by atoms with E-state index in [0.717, 1.165) is 24.8 Å². The van der Waals surface area contributed by atoms with Gasteiger partial charge in [-0.2, -0.15) is 0 Å². The van der Waals surface area contributed by atoms with Crippen molar-refractivity contribution in [1.29, 1.82) is 0 Å². The average Bonchev–Trinajstić information content (AvgIpc) is 2.51. The molecule has 1 aliphatic carbocycles. The molecule has 3 rings (SSSR count). The molecule has 20 heavy (non-hydrogen) atoms. The minimum atomic E-state index is 0.699. The molecule has 0 amide bonds. The van der Waals surface area contributed by atoms with E-state index in [4.69, 9.17) is 4.74 Å². The average molecular weight is 383 g/mol. The van der Waals surface area contributed by atoms with E-state index in [1.807, 2.05) is 0 Å². The van der Waals surface area contributed by atoms with Crippen molar-refractivity contribution in [2.75, 3.05) is 20.2 Å². The van der Waals surface area contributed by atoms with E-state index < -0.39 is 0 Å². The second-order valence-corrected chi connectivity index (χ2v) is 6.46. The third-order valence-electron chi connectivity index (χ3n) is 4.80. The Balaban J connectivity index is 1.89. The van der Waals surface area contributed by atoms with E-state index in [9.17, 15) is 0 Å². The number of ether oxygens (including phenoxy) is 1. The topological polar surface area (TPSA) is 12.5 Å². The number of nitrogens with zero attached hydrogens (tertiary/aromatic N) is 1. The van der Waals surface area contributed by atoms with Crippen LogP contribution in [-0.4, -0.2) is 31.1 Å². The molecule has 3 heteroatoms. The predicted molar refractivity (Wildman–Crippen MR) is 91.8 cm³/mol. The number of hydrogen-bond acceptors (Lipinski definition) is 2. The largest absolute Gasteiger partial charge is 0.496 e. The van der Waals surface area contributed by atoms with Crippen LogP contribution in [0.5, 0.6) is 5.75 Å². The summed E-state index contributed by atoms with van der Waals surface area (Å²) in [6.07, 6.45) is 7.35. The van der Waals surface area contributed by atoms with Gasteiger partial charge in [0.1, 0.15) is 5.75 Å². The molecule has 0 spiro atoms. The lowest BCUT2D eigenvalue weighted by Gasteiger charge is -2.44. The minimum absolute atomic E-state index is 0.699. The number of piperidine rings is 1. The number of fused-ring (bicyclic) bond motifs is 3. The summed E-state index contributed by atoms with van der Waals surface area (Å²) in [6, 6.07) is 7.31. The Morgan fingerprint density at radius 3 is 3.10 bits per heavy atom. The molecule has 1 aromatic carbocycles. The Morgan fingerprint density at radius 2 is 2.30 bits per heavy atom. The first-order chi connectivity index (χ1) is 9.85. The number of rotatable bonds is 3. The van der Waals surface area contributed by atoms with Gasteiger partial charge in [0, 0.05) is 12.6 Å². The van der Waals surface area contributed by atoms with E-state index in [-0.39, 0.29) is 0 Å². The van der Waals surface area contributed by atoms with Crippen molar-refractivity contribution in [3.8, 4) is 5.75 Å². The highest BCUT2D eigenvalue weighted by Crippen LogP contribution is 2.43. The molecular formula is C17H22INO. The van der Waals surface area contributed by atoms with E-state index >= 15 is 0 Å². The Kier molecular flexibility index (Phi) is 4.66. The number of methoxy groups -OCH3 is 1. The van der Waals surface area contributed by atoms with Crippen LogP contribution in [0.2, 0.25) is 0 Å². The fourth-order valence-electron chi connectivity index (χ4n) is 3.96. The van der Waals surface area contributed by atoms with Crippen molar-refractivity contribution in [2.45, 2.75) is 37.6 Å². The van der Waals surface area contributed by atoms with Gasteiger partial charge in [-0.25, -0.2) is 0 Å². The van der Waals surface area contributed by atoms with Gasteiger partial charge >= 0.3 is 0 Å². The van der Waals surface area contributed by atoms with Gasteiger partial charge in [-0.15, -0.1) is 0 Å². The van der Waals surface area contributed by atoms with E-state index in [0.29, 0.717) is 5.92 Å². The zero-order chi connectivity index (χ0) is 13.9. The molecule has 0 saturated carbocycles. The summed E-state index contributed by atoms with van der Waals surface area (Å²) in [5, 5.41) is 0. The summed E-state index contributed by atoms with van der Waals surface area (Å²) in [7, 11) is 1.79. The van der Waals surface area contributed by atoms with Crippen LogP contribution in [0.3, 0.4) is 0 Å². The van der Waals surface area contributed by atoms with Crippen LogP contribution in [-0.2, 0) is 6.42 Å². The molecule has 0 radical (unpaired) electrons. The highest BCUT2D eigenvalue weighted by molar-refractivity contribution is 14.1. The van der Waals surface area contributed by atoms with Crippen molar-refractivity contribution in [2.24, 2.45) is 0 Å². The lowest BCUT2D eigenvalue weighted by Crippen LogP contribution is -2.46. The molecule has 2 nitrogen and oxygen atoms in total. The molecular weight excluding hydrogens is 361 g/mol. The summed E-state index contributed by atoms with van der Waals surface area (Å²) in [4.78, 5) is 2.67. The second-order valence-electron chi connectivity index (χ2n) is 5.74. The number of likely N-dealkylation sites (tertiary alicyclic amines) is 1. The number of benzene rings is 1. The Labute approximate surface area is 135 Å². The van der Waals surface area contributed by atoms with Crippen molar-refractivity contribution < 1.29 is 4.74 Å². The van der Waals surface area contributed by atoms with Crippen molar-refractivity contribution in [1.82, 2.24) is 4.90 Å². The molecule has 108 valence electrons. The molecule has 1 aliphatic heterocycles. The maximum absolute atomic E-state index is 5.56. The molecule has 0 bridgehead atoms. The van der Waals surface area contributed by atoms with Crippen LogP contribution in [0, 0.1) is 0 Å². The summed E-state index contributed by atoms with van der Waals surface area (Å²) >= 11 is 2.32. The van der Waals surface area contributed by atoms with Crippen LogP contribution in [0.15, 0.2) is 28.4 Å². The van der Waals surface area contributed by atoms with Crippen molar-refractivity contribution >= 4 is 22.6 Å². The van der Waals surface area contributed by atoms with E-state index in [2.05, 4.69) is 55.8 Å². The zero-order valence-electron chi connectivity index (χ0n) is 12.0. The summed E-state index contributed by atoms with van der Waals surface area (Å²) in [6.45, 7) is 2.35. The standard InChI is InChI=1S/C17H22INO/c1-20-17-7-2-5-13-14-6-3-11-19(12-4-10-18)16(14)9-8-15(13)17/h2,4-5,7,10,14,16H,3,6,8-9,11-12H2,1H3/b10-4+/t14-,16-/m0/s1. The maximum Gasteiger partial charge on any atom is 0.122 e. The fourth-order valence-corrected chi connectivity index (χ4v) is 4.18. The number of halogens is 1. The van der Waals surface area contributed by atoms with Crippen molar-refractivity contribution in [3.63, 3.8) is 0 Å². The van der Waals surface area contributed by atoms with Crippen LogP contribution in [0.25, 0.3) is 0 Å². The summed E-state index contributed by atoms with van der Waals surface area (Å²) < 4.78 is 7.70. The SMILES string of the molecule is COc1cccc2c1CC[C@H]1[C@H]2CCCN1C/C=C/I. The second kappa shape index (κ2) is 6.48. The first-order valence-electron chi connectivity index (χ1n) is 7.50. The maximum atomic E-state index is 5.56. The summed E-state index contributed by atoms with van der Waals surface area (Å²) in [5.41, 5.74) is 3.01. The molecule has 2 atom stereocenters. The first kappa shape index (κ1) is 14.4. The van der Waals surface area contributed by atoms with Crippen LogP contribution < -0.4 is 4.74 Å². The molecule has 1 aromatic rings. The van der Waals surface area contributed by atoms with Gasteiger partial charge in [-0.1, -0.05) is 40.8 Å². The van der Waals surface area contributed by atoms with Crippen LogP contribution >= 0.6 is 22.6 Å². The Hall–Kier alpha value is -0.550. The fraction of sp³-hybridized carbons (Fsp3) is 0.529. The van der Waals surface area contributed by atoms with Crippen molar-refractivity contribution in [3.05, 3.63) is 39.5 Å². The van der Waals surface area contributed by atoms with Crippen LogP contribution in [0.4, 0.5) is 0 Å². The van der Waals surface area contributed by atoms with Gasteiger partial charge in [0.15, 0.2) is 0 Å². The molecule has 1 heterocycles. The lowest BCUT2D eigenvalue weighted by molar-refractivity contribution is 0.126.